The number of aliphatic hydroxyl groups is 1. The smallest absolute Gasteiger partial charge is 0.462 e. The number of carbonyl (C=O) groups excluding carboxylic acids is 1. The van der Waals surface area contributed by atoms with Crippen molar-refractivity contribution in [1.29, 1.82) is 0 Å². The van der Waals surface area contributed by atoms with E-state index >= 15 is 0 Å². The van der Waals surface area contributed by atoms with E-state index in [-0.39, 0.29) is 24.7 Å². The second kappa shape index (κ2) is 13.8. The number of hydrogen-bond donors (Lipinski definition) is 2. The highest BCUT2D eigenvalue weighted by Gasteiger charge is 2.36. The Bertz CT molecular complexity index is 504. The van der Waals surface area contributed by atoms with Crippen LogP contribution in [0.4, 0.5) is 0 Å². The van der Waals surface area contributed by atoms with E-state index in [0.29, 0.717) is 19.1 Å². The van der Waals surface area contributed by atoms with E-state index in [4.69, 9.17) is 27.3 Å². The molecule has 0 aliphatic carbocycles. The molecular weight excluding hydrogens is 420 g/mol. The Kier molecular flexibility index (Phi) is 13.7. The maximum atomic E-state index is 11.5. The summed E-state index contributed by atoms with van der Waals surface area (Å²) in [6, 6.07) is 0.570. The largest absolute Gasteiger partial charge is 0.500 e. The lowest BCUT2D eigenvalue weighted by Gasteiger charge is -2.24. The van der Waals surface area contributed by atoms with E-state index in [1.807, 2.05) is 0 Å². The van der Waals surface area contributed by atoms with Crippen molar-refractivity contribution in [2.45, 2.75) is 30.7 Å². The van der Waals surface area contributed by atoms with Crippen LogP contribution in [0.3, 0.4) is 0 Å². The summed E-state index contributed by atoms with van der Waals surface area (Å²) in [4.78, 5) is 11.5. The summed E-state index contributed by atoms with van der Waals surface area (Å²) in [7, 11) is -2.15. The first-order chi connectivity index (χ1) is 12.6. The third-order valence-electron chi connectivity index (χ3n) is 3.53. The molecule has 0 aromatic rings. The maximum Gasteiger partial charge on any atom is 0.500 e. The minimum absolute atomic E-state index is 0.00170. The van der Waals surface area contributed by atoms with Crippen LogP contribution < -0.4 is 0 Å². The second-order valence-electron chi connectivity index (χ2n) is 5.65. The van der Waals surface area contributed by atoms with Crippen LogP contribution in [0.2, 0.25) is 6.04 Å². The lowest BCUT2D eigenvalue weighted by Crippen LogP contribution is -2.42. The van der Waals surface area contributed by atoms with Crippen molar-refractivity contribution in [3.63, 3.8) is 0 Å². The summed E-state index contributed by atoms with van der Waals surface area (Å²) in [5.41, 5.74) is 0. The van der Waals surface area contributed by atoms with Crippen LogP contribution in [0.15, 0.2) is 0 Å². The summed E-state index contributed by atoms with van der Waals surface area (Å²) >= 11 is 1.02. The lowest BCUT2D eigenvalue weighted by molar-refractivity contribution is -0.144. The van der Waals surface area contributed by atoms with Gasteiger partial charge in [-0.3, -0.25) is 9.35 Å². The fraction of sp³-hybridized carbons (Fsp3) is 0.929. The van der Waals surface area contributed by atoms with Gasteiger partial charge in [0.25, 0.3) is 10.1 Å². The first kappa shape index (κ1) is 26.7. The van der Waals surface area contributed by atoms with Crippen molar-refractivity contribution in [3.05, 3.63) is 0 Å². The third-order valence-corrected chi connectivity index (χ3v) is 8.93. The maximum absolute atomic E-state index is 11.5. The van der Waals surface area contributed by atoms with Crippen LogP contribution in [-0.2, 0) is 37.7 Å². The molecule has 0 aliphatic rings. The van der Waals surface area contributed by atoms with Crippen molar-refractivity contribution >= 4 is 36.7 Å². The Hall–Kier alpha value is -0.253. The van der Waals surface area contributed by atoms with Crippen LogP contribution in [0.25, 0.3) is 0 Å². The SMILES string of the molecule is CO[Si](CCCOCC(O)COC(=O)CSCC(C)S(=O)(=O)O)(OC)OC. The molecule has 0 aliphatic heterocycles. The zero-order chi connectivity index (χ0) is 20.9. The number of ether oxygens (including phenoxy) is 2. The highest BCUT2D eigenvalue weighted by molar-refractivity contribution is 8.00. The minimum Gasteiger partial charge on any atom is -0.462 e. The Morgan fingerprint density at radius 1 is 1.15 bits per heavy atom. The van der Waals surface area contributed by atoms with E-state index in [1.165, 1.54) is 28.3 Å². The first-order valence-corrected chi connectivity index (χ1v) is 12.8. The van der Waals surface area contributed by atoms with E-state index in [1.54, 1.807) is 0 Å². The quantitative estimate of drug-likeness (QED) is 0.144. The number of rotatable bonds is 16. The molecule has 0 saturated carbocycles. The van der Waals surface area contributed by atoms with Crippen molar-refractivity contribution in [3.8, 4) is 0 Å². The second-order valence-corrected chi connectivity index (χ2v) is 11.6. The lowest BCUT2D eigenvalue weighted by atomic mass is 10.4. The van der Waals surface area contributed by atoms with Gasteiger partial charge in [0.2, 0.25) is 0 Å². The molecule has 0 fully saturated rings. The van der Waals surface area contributed by atoms with Gasteiger partial charge in [-0.2, -0.15) is 8.42 Å². The van der Waals surface area contributed by atoms with Gasteiger partial charge >= 0.3 is 14.8 Å². The summed E-state index contributed by atoms with van der Waals surface area (Å²) in [6.07, 6.45) is -0.346. The van der Waals surface area contributed by atoms with Gasteiger partial charge in [0, 0.05) is 39.7 Å². The molecule has 0 radical (unpaired) electrons. The van der Waals surface area contributed by atoms with Gasteiger partial charge in [0.15, 0.2) is 0 Å². The molecule has 0 aromatic heterocycles. The molecule has 162 valence electrons. The molecule has 10 nitrogen and oxygen atoms in total. The Balaban J connectivity index is 3.82. The van der Waals surface area contributed by atoms with Crippen molar-refractivity contribution in [2.24, 2.45) is 0 Å². The van der Waals surface area contributed by atoms with Gasteiger partial charge in [-0.05, 0) is 13.3 Å². The highest BCUT2D eigenvalue weighted by atomic mass is 32.2. The van der Waals surface area contributed by atoms with Gasteiger partial charge < -0.3 is 27.9 Å². The zero-order valence-corrected chi connectivity index (χ0v) is 18.7. The van der Waals surface area contributed by atoms with Gasteiger partial charge in [-0.25, -0.2) is 0 Å². The molecule has 0 saturated heterocycles. The van der Waals surface area contributed by atoms with E-state index in [9.17, 15) is 18.3 Å². The first-order valence-electron chi connectivity index (χ1n) is 8.21. The van der Waals surface area contributed by atoms with Crippen LogP contribution in [0, 0.1) is 0 Å². The Morgan fingerprint density at radius 3 is 2.26 bits per heavy atom. The monoisotopic (exact) mass is 450 g/mol. The zero-order valence-electron chi connectivity index (χ0n) is 16.1. The van der Waals surface area contributed by atoms with Gasteiger partial charge in [0.1, 0.15) is 12.7 Å². The fourth-order valence-electron chi connectivity index (χ4n) is 1.84. The molecule has 0 spiro atoms. The number of carbonyl (C=O) groups is 1. The molecule has 27 heavy (non-hydrogen) atoms. The molecule has 0 heterocycles. The minimum atomic E-state index is -4.11. The molecule has 2 atom stereocenters. The number of hydrogen-bond acceptors (Lipinski definition) is 10. The van der Waals surface area contributed by atoms with Crippen LogP contribution >= 0.6 is 11.8 Å². The van der Waals surface area contributed by atoms with Crippen molar-refractivity contribution < 1.29 is 45.6 Å². The molecule has 13 heteroatoms. The van der Waals surface area contributed by atoms with Crippen molar-refractivity contribution in [1.82, 2.24) is 0 Å². The normalized spacial score (nSPS) is 14.7. The molecule has 2 N–H and O–H groups in total. The molecule has 2 unspecified atom stereocenters. The van der Waals surface area contributed by atoms with Crippen LogP contribution in [-0.4, -0.2) is 96.9 Å². The molecule has 0 aromatic carbocycles. The third kappa shape index (κ3) is 12.0. The fourth-order valence-corrected chi connectivity index (χ4v) is 5.21. The molecule has 0 bridgehead atoms. The van der Waals surface area contributed by atoms with E-state index in [2.05, 4.69) is 0 Å². The van der Waals surface area contributed by atoms with Crippen molar-refractivity contribution in [2.75, 3.05) is 52.7 Å². The van der Waals surface area contributed by atoms with Crippen LogP contribution in [0.1, 0.15) is 13.3 Å². The molecular formula is C14H30O10S2Si. The molecule has 0 rings (SSSR count). The topological polar surface area (TPSA) is 138 Å². The molecule has 0 amide bonds. The summed E-state index contributed by atoms with van der Waals surface area (Å²) in [5, 5.41) is 8.76. The summed E-state index contributed by atoms with van der Waals surface area (Å²) < 4.78 is 56.5. The Labute approximate surface area is 166 Å². The standard InChI is InChI=1S/C14H30O10S2Si/c1-12(26(17,18)19)10-25-11-14(16)24-9-13(15)8-23-6-5-7-27(20-2,21-3)22-4/h12-13,15H,5-11H2,1-4H3,(H,17,18,19). The Morgan fingerprint density at radius 2 is 1.74 bits per heavy atom. The van der Waals surface area contributed by atoms with E-state index in [0.717, 1.165) is 11.8 Å². The summed E-state index contributed by atoms with van der Waals surface area (Å²) in [5.74, 6) is -0.599. The van der Waals surface area contributed by atoms with Gasteiger partial charge in [-0.15, -0.1) is 11.8 Å². The predicted molar refractivity (Wildman–Crippen MR) is 102 cm³/mol. The number of esters is 1. The summed E-state index contributed by atoms with van der Waals surface area (Å²) in [6.45, 7) is 1.48. The van der Waals surface area contributed by atoms with Gasteiger partial charge in [0.05, 0.1) is 17.6 Å². The van der Waals surface area contributed by atoms with E-state index < -0.39 is 36.2 Å². The van der Waals surface area contributed by atoms with Crippen LogP contribution in [0.5, 0.6) is 0 Å². The number of thioether (sulfide) groups is 1. The average Bonchev–Trinajstić information content (AvgIpc) is 2.62. The van der Waals surface area contributed by atoms with Gasteiger partial charge in [-0.1, -0.05) is 0 Å². The number of aliphatic hydroxyl groups excluding tert-OH is 1. The average molecular weight is 451 g/mol. The predicted octanol–water partition coefficient (Wildman–Crippen LogP) is 0.185. The highest BCUT2D eigenvalue weighted by Crippen LogP contribution is 2.14.